The molecule has 0 radical (unpaired) electrons. The third-order valence-corrected chi connectivity index (χ3v) is 4.17. The molecule has 0 aromatic carbocycles. The minimum atomic E-state index is -0.600. The highest BCUT2D eigenvalue weighted by molar-refractivity contribution is 5.72. The Bertz CT molecular complexity index is 254. The average molecular weight is 211 g/mol. The summed E-state index contributed by atoms with van der Waals surface area (Å²) in [5, 5.41) is 9.05. The second kappa shape index (κ2) is 4.12. The minimum Gasteiger partial charge on any atom is -0.481 e. The fourth-order valence-electron chi connectivity index (χ4n) is 3.09. The molecule has 86 valence electrons. The number of carboxylic acids is 1. The maximum absolute atomic E-state index is 11.0. The molecule has 15 heavy (non-hydrogen) atoms. The van der Waals surface area contributed by atoms with Crippen LogP contribution in [0.2, 0.25) is 0 Å². The lowest BCUT2D eigenvalue weighted by Crippen LogP contribution is -2.55. The standard InChI is InChI=1S/C12H21NO2/c1-8-5-6-13(9(2)7-8)11-4-3-10(11)12(14)15/h8-11H,3-7H2,1-2H3,(H,14,15). The zero-order valence-corrected chi connectivity index (χ0v) is 9.65. The van der Waals surface area contributed by atoms with Gasteiger partial charge in [-0.3, -0.25) is 9.69 Å². The Hall–Kier alpha value is -0.570. The topological polar surface area (TPSA) is 40.5 Å². The first-order valence-corrected chi connectivity index (χ1v) is 6.08. The van der Waals surface area contributed by atoms with Gasteiger partial charge in [0.05, 0.1) is 5.92 Å². The average Bonchev–Trinajstić information content (AvgIpc) is 2.06. The molecule has 1 aliphatic heterocycles. The van der Waals surface area contributed by atoms with E-state index in [-0.39, 0.29) is 5.92 Å². The summed E-state index contributed by atoms with van der Waals surface area (Å²) in [5.41, 5.74) is 0. The van der Waals surface area contributed by atoms with Gasteiger partial charge >= 0.3 is 5.97 Å². The molecule has 1 saturated carbocycles. The molecule has 0 spiro atoms. The number of nitrogens with zero attached hydrogens (tertiary/aromatic N) is 1. The van der Waals surface area contributed by atoms with Gasteiger partial charge in [-0.2, -0.15) is 0 Å². The maximum atomic E-state index is 11.0. The Kier molecular flexibility index (Phi) is 3.01. The van der Waals surface area contributed by atoms with E-state index in [0.717, 1.165) is 25.3 Å². The van der Waals surface area contributed by atoms with Crippen molar-refractivity contribution in [3.05, 3.63) is 0 Å². The lowest BCUT2D eigenvalue weighted by atomic mass is 9.76. The fourth-order valence-corrected chi connectivity index (χ4v) is 3.09. The Morgan fingerprint density at radius 2 is 2.00 bits per heavy atom. The van der Waals surface area contributed by atoms with Gasteiger partial charge in [-0.1, -0.05) is 6.92 Å². The molecule has 4 atom stereocenters. The van der Waals surface area contributed by atoms with Gasteiger partial charge in [0, 0.05) is 12.1 Å². The quantitative estimate of drug-likeness (QED) is 0.759. The van der Waals surface area contributed by atoms with Gasteiger partial charge in [0.1, 0.15) is 0 Å². The van der Waals surface area contributed by atoms with Crippen LogP contribution in [0.3, 0.4) is 0 Å². The zero-order chi connectivity index (χ0) is 11.0. The van der Waals surface area contributed by atoms with E-state index in [0.29, 0.717) is 12.1 Å². The highest BCUT2D eigenvalue weighted by atomic mass is 16.4. The molecule has 1 N–H and O–H groups in total. The first-order chi connectivity index (χ1) is 7.09. The van der Waals surface area contributed by atoms with Gasteiger partial charge in [0.2, 0.25) is 0 Å². The van der Waals surface area contributed by atoms with Crippen molar-refractivity contribution in [3.63, 3.8) is 0 Å². The summed E-state index contributed by atoms with van der Waals surface area (Å²) in [6, 6.07) is 0.894. The summed E-state index contributed by atoms with van der Waals surface area (Å²) in [5.74, 6) is 0.109. The molecule has 2 rings (SSSR count). The molecule has 0 amide bonds. The van der Waals surface area contributed by atoms with Crippen molar-refractivity contribution < 1.29 is 9.90 Å². The number of hydrogen-bond donors (Lipinski definition) is 1. The van der Waals surface area contributed by atoms with E-state index in [1.807, 2.05) is 0 Å². The Labute approximate surface area is 91.5 Å². The maximum Gasteiger partial charge on any atom is 0.308 e. The van der Waals surface area contributed by atoms with E-state index in [4.69, 9.17) is 5.11 Å². The molecular weight excluding hydrogens is 190 g/mol. The van der Waals surface area contributed by atoms with Crippen LogP contribution in [0, 0.1) is 11.8 Å². The second-order valence-corrected chi connectivity index (χ2v) is 5.31. The number of aliphatic carboxylic acids is 1. The monoisotopic (exact) mass is 211 g/mol. The summed E-state index contributed by atoms with van der Waals surface area (Å²) in [6.07, 6.45) is 4.41. The van der Waals surface area contributed by atoms with Crippen molar-refractivity contribution in [1.29, 1.82) is 0 Å². The molecule has 2 fully saturated rings. The van der Waals surface area contributed by atoms with Gasteiger partial charge in [-0.05, 0) is 45.1 Å². The number of carboxylic acid groups (broad SMARTS) is 1. The zero-order valence-electron chi connectivity index (χ0n) is 9.65. The van der Waals surface area contributed by atoms with Crippen molar-refractivity contribution in [2.45, 2.75) is 51.6 Å². The van der Waals surface area contributed by atoms with Crippen molar-refractivity contribution in [2.75, 3.05) is 6.54 Å². The number of piperidine rings is 1. The summed E-state index contributed by atoms with van der Waals surface area (Å²) in [4.78, 5) is 13.4. The molecule has 0 aromatic heterocycles. The molecule has 0 bridgehead atoms. The van der Waals surface area contributed by atoms with Crippen LogP contribution in [0.1, 0.15) is 39.5 Å². The van der Waals surface area contributed by atoms with Gasteiger partial charge in [-0.25, -0.2) is 0 Å². The van der Waals surface area contributed by atoms with Crippen LogP contribution in [0.5, 0.6) is 0 Å². The molecule has 1 heterocycles. The molecule has 4 unspecified atom stereocenters. The third-order valence-electron chi connectivity index (χ3n) is 4.17. The largest absolute Gasteiger partial charge is 0.481 e. The Morgan fingerprint density at radius 1 is 1.27 bits per heavy atom. The summed E-state index contributed by atoms with van der Waals surface area (Å²) in [7, 11) is 0. The van der Waals surface area contributed by atoms with Crippen LogP contribution in [0.25, 0.3) is 0 Å². The van der Waals surface area contributed by atoms with Gasteiger partial charge in [0.15, 0.2) is 0 Å². The third kappa shape index (κ3) is 2.03. The van der Waals surface area contributed by atoms with E-state index in [1.54, 1.807) is 0 Å². The molecule has 0 aromatic rings. The summed E-state index contributed by atoms with van der Waals surface area (Å²) < 4.78 is 0. The number of rotatable bonds is 2. The smallest absolute Gasteiger partial charge is 0.308 e. The van der Waals surface area contributed by atoms with Gasteiger partial charge in [-0.15, -0.1) is 0 Å². The van der Waals surface area contributed by atoms with Gasteiger partial charge in [0.25, 0.3) is 0 Å². The van der Waals surface area contributed by atoms with Crippen LogP contribution >= 0.6 is 0 Å². The van der Waals surface area contributed by atoms with Gasteiger partial charge < -0.3 is 5.11 Å². The summed E-state index contributed by atoms with van der Waals surface area (Å²) in [6.45, 7) is 5.63. The van der Waals surface area contributed by atoms with E-state index in [2.05, 4.69) is 18.7 Å². The normalized spacial score (nSPS) is 42.3. The van der Waals surface area contributed by atoms with E-state index in [1.165, 1.54) is 12.8 Å². The van der Waals surface area contributed by atoms with E-state index in [9.17, 15) is 4.79 Å². The van der Waals surface area contributed by atoms with Crippen LogP contribution in [-0.4, -0.2) is 34.6 Å². The van der Waals surface area contributed by atoms with Crippen LogP contribution < -0.4 is 0 Å². The highest BCUT2D eigenvalue weighted by Gasteiger charge is 2.42. The van der Waals surface area contributed by atoms with E-state index >= 15 is 0 Å². The predicted molar refractivity (Wildman–Crippen MR) is 58.7 cm³/mol. The summed E-state index contributed by atoms with van der Waals surface area (Å²) >= 11 is 0. The molecule has 3 nitrogen and oxygen atoms in total. The molecule has 1 saturated heterocycles. The molecule has 2 aliphatic rings. The van der Waals surface area contributed by atoms with Crippen molar-refractivity contribution in [1.82, 2.24) is 4.90 Å². The van der Waals surface area contributed by atoms with Crippen LogP contribution in [0.15, 0.2) is 0 Å². The second-order valence-electron chi connectivity index (χ2n) is 5.31. The first-order valence-electron chi connectivity index (χ1n) is 6.08. The number of carbonyl (C=O) groups is 1. The molecular formula is C12H21NO2. The predicted octanol–water partition coefficient (Wildman–Crippen LogP) is 1.97. The van der Waals surface area contributed by atoms with Crippen molar-refractivity contribution in [2.24, 2.45) is 11.8 Å². The highest BCUT2D eigenvalue weighted by Crippen LogP contribution is 2.36. The lowest BCUT2D eigenvalue weighted by molar-refractivity contribution is -0.150. The fraction of sp³-hybridized carbons (Fsp3) is 0.917. The van der Waals surface area contributed by atoms with E-state index < -0.39 is 5.97 Å². The first kappa shape index (κ1) is 10.9. The molecule has 1 aliphatic carbocycles. The lowest BCUT2D eigenvalue weighted by Gasteiger charge is -2.48. The SMILES string of the molecule is CC1CCN(C2CCC2C(=O)O)C(C)C1. The number of hydrogen-bond acceptors (Lipinski definition) is 2. The van der Waals surface area contributed by atoms with Crippen molar-refractivity contribution in [3.8, 4) is 0 Å². The molecule has 3 heteroatoms. The number of likely N-dealkylation sites (tertiary alicyclic amines) is 1. The van der Waals surface area contributed by atoms with Crippen LogP contribution in [-0.2, 0) is 4.79 Å². The van der Waals surface area contributed by atoms with Crippen molar-refractivity contribution >= 4 is 5.97 Å². The Morgan fingerprint density at radius 3 is 2.47 bits per heavy atom. The van der Waals surface area contributed by atoms with Crippen LogP contribution in [0.4, 0.5) is 0 Å². The Balaban J connectivity index is 1.96. The minimum absolute atomic E-state index is 0.0964.